The van der Waals surface area contributed by atoms with Crippen molar-refractivity contribution in [3.63, 3.8) is 0 Å². The first-order chi connectivity index (χ1) is 16.5. The molecule has 0 saturated heterocycles. The molecule has 2 heterocycles. The molecular weight excluding hydrogens is 559 g/mol. The first-order valence-electron chi connectivity index (χ1n) is 9.65. The van der Waals surface area contributed by atoms with Gasteiger partial charge in [-0.1, -0.05) is 34.8 Å². The van der Waals surface area contributed by atoms with Crippen molar-refractivity contribution in [3.05, 3.63) is 73.3 Å². The van der Waals surface area contributed by atoms with Gasteiger partial charge in [0.1, 0.15) is 4.21 Å². The topological polar surface area (TPSA) is 130 Å². The van der Waals surface area contributed by atoms with E-state index in [-0.39, 0.29) is 30.8 Å². The van der Waals surface area contributed by atoms with Crippen molar-refractivity contribution in [3.8, 4) is 11.6 Å². The number of urea groups is 1. The molecule has 2 aromatic heterocycles. The zero-order chi connectivity index (χ0) is 25.5. The second kappa shape index (κ2) is 9.59. The fraction of sp³-hybridized carbons (Fsp3) is 0.0476. The molecular formula is C21H15Cl3N4O5S2. The lowest BCUT2D eigenvalue weighted by Crippen LogP contribution is -2.33. The average Bonchev–Trinajstić information content (AvgIpc) is 3.22. The van der Waals surface area contributed by atoms with Crippen molar-refractivity contribution >= 4 is 84.3 Å². The highest BCUT2D eigenvalue weighted by Gasteiger charge is 2.20. The van der Waals surface area contributed by atoms with Crippen LogP contribution in [0.3, 0.4) is 0 Å². The molecule has 4 aromatic rings. The van der Waals surface area contributed by atoms with E-state index in [1.807, 2.05) is 4.72 Å². The number of hydrogen-bond donors (Lipinski definition) is 4. The molecule has 0 saturated carbocycles. The molecule has 0 aliphatic carbocycles. The standard InChI is InChI=1S/C21H15Cl3N4O5S2/c1-25-15-6-10-7-18(29)28(20(30)12(10)9-13(15)22)16-3-2-11(8-14(16)23)26-21(31)27-35(32,33)19-5-4-17(24)34-19/h2-9,25,30H,1H3,(H2,26,27,31). The summed E-state index contributed by atoms with van der Waals surface area (Å²) in [5.41, 5.74) is 0.314. The van der Waals surface area contributed by atoms with Crippen LogP contribution in [0.1, 0.15) is 0 Å². The Morgan fingerprint density at radius 2 is 1.77 bits per heavy atom. The van der Waals surface area contributed by atoms with Crippen molar-refractivity contribution < 1.29 is 18.3 Å². The molecule has 9 nitrogen and oxygen atoms in total. The van der Waals surface area contributed by atoms with Gasteiger partial charge in [-0.2, -0.15) is 0 Å². The predicted octanol–water partition coefficient (Wildman–Crippen LogP) is 5.27. The largest absolute Gasteiger partial charge is 0.494 e. The maximum absolute atomic E-state index is 12.8. The van der Waals surface area contributed by atoms with Crippen LogP contribution in [0.15, 0.2) is 57.5 Å². The summed E-state index contributed by atoms with van der Waals surface area (Å²) >= 11 is 19.1. The molecule has 0 fully saturated rings. The number of fused-ring (bicyclic) bond motifs is 1. The average molecular weight is 574 g/mol. The number of aromatic nitrogens is 1. The van der Waals surface area contributed by atoms with E-state index in [0.29, 0.717) is 21.5 Å². The highest BCUT2D eigenvalue weighted by atomic mass is 35.5. The molecule has 35 heavy (non-hydrogen) atoms. The zero-order valence-corrected chi connectivity index (χ0v) is 21.5. The van der Waals surface area contributed by atoms with Gasteiger partial charge < -0.3 is 15.7 Å². The minimum Gasteiger partial charge on any atom is -0.494 e. The number of sulfonamides is 1. The lowest BCUT2D eigenvalue weighted by Gasteiger charge is -2.15. The Bertz CT molecular complexity index is 1650. The van der Waals surface area contributed by atoms with Crippen LogP contribution in [0.25, 0.3) is 16.5 Å². The maximum Gasteiger partial charge on any atom is 0.333 e. The molecule has 0 unspecified atom stereocenters. The number of carbonyl (C=O) groups excluding carboxylic acids is 1. The quantitative estimate of drug-likeness (QED) is 0.257. The summed E-state index contributed by atoms with van der Waals surface area (Å²) in [5, 5.41) is 17.2. The Morgan fingerprint density at radius 1 is 1.03 bits per heavy atom. The van der Waals surface area contributed by atoms with Crippen LogP contribution < -0.4 is 20.9 Å². The summed E-state index contributed by atoms with van der Waals surface area (Å²) in [6, 6.07) is 10.2. The van der Waals surface area contributed by atoms with Crippen molar-refractivity contribution in [2.24, 2.45) is 0 Å². The maximum atomic E-state index is 12.8. The number of benzene rings is 2. The summed E-state index contributed by atoms with van der Waals surface area (Å²) in [7, 11) is -2.44. The van der Waals surface area contributed by atoms with Gasteiger partial charge in [0.2, 0.25) is 5.88 Å². The van der Waals surface area contributed by atoms with E-state index in [0.717, 1.165) is 15.9 Å². The van der Waals surface area contributed by atoms with Crippen LogP contribution in [-0.4, -0.2) is 31.2 Å². The van der Waals surface area contributed by atoms with Gasteiger partial charge in [0.15, 0.2) is 0 Å². The number of amides is 2. The van der Waals surface area contributed by atoms with Crippen molar-refractivity contribution in [2.75, 3.05) is 17.7 Å². The number of aromatic hydroxyl groups is 1. The van der Waals surface area contributed by atoms with Crippen LogP contribution in [0.5, 0.6) is 5.88 Å². The normalized spacial score (nSPS) is 11.4. The number of halogens is 3. The summed E-state index contributed by atoms with van der Waals surface area (Å²) < 4.78 is 27.5. The molecule has 14 heteroatoms. The first kappa shape index (κ1) is 25.1. The number of nitrogens with one attached hydrogen (secondary N) is 3. The van der Waals surface area contributed by atoms with Crippen LogP contribution >= 0.6 is 46.1 Å². The Balaban J connectivity index is 1.63. The van der Waals surface area contributed by atoms with E-state index < -0.39 is 21.6 Å². The number of anilines is 2. The summed E-state index contributed by atoms with van der Waals surface area (Å²) in [4.78, 5) is 25.0. The van der Waals surface area contributed by atoms with E-state index in [4.69, 9.17) is 34.8 Å². The third-order valence-corrected chi connectivity index (χ3v) is 8.52. The smallest absolute Gasteiger partial charge is 0.333 e. The van der Waals surface area contributed by atoms with Crippen LogP contribution in [0, 0.1) is 0 Å². The molecule has 182 valence electrons. The van der Waals surface area contributed by atoms with E-state index >= 15 is 0 Å². The Hall–Kier alpha value is -2.96. The van der Waals surface area contributed by atoms with Crippen LogP contribution in [-0.2, 0) is 10.0 Å². The number of pyridine rings is 1. The molecule has 2 aromatic carbocycles. The molecule has 0 spiro atoms. The first-order valence-corrected chi connectivity index (χ1v) is 13.1. The van der Waals surface area contributed by atoms with Gasteiger partial charge in [0.05, 0.1) is 25.8 Å². The predicted molar refractivity (Wildman–Crippen MR) is 139 cm³/mol. The highest BCUT2D eigenvalue weighted by molar-refractivity contribution is 7.92. The SMILES string of the molecule is CNc1cc2cc(=O)n(-c3ccc(NC(=O)NS(=O)(=O)c4ccc(Cl)s4)cc3Cl)c(O)c2cc1Cl. The fourth-order valence-corrected chi connectivity index (χ4v) is 6.20. The van der Waals surface area contributed by atoms with E-state index in [9.17, 15) is 23.1 Å². The second-order valence-corrected chi connectivity index (χ2v) is 11.5. The highest BCUT2D eigenvalue weighted by Crippen LogP contribution is 2.34. The fourth-order valence-electron chi connectivity index (χ4n) is 3.29. The molecule has 2 amide bonds. The Labute approximate surface area is 217 Å². The summed E-state index contributed by atoms with van der Waals surface area (Å²) in [5.74, 6) is -0.377. The van der Waals surface area contributed by atoms with Crippen molar-refractivity contribution in [1.29, 1.82) is 0 Å². The Kier molecular flexibility index (Phi) is 6.89. The summed E-state index contributed by atoms with van der Waals surface area (Å²) in [6.45, 7) is 0. The van der Waals surface area contributed by atoms with E-state index in [1.165, 1.54) is 42.5 Å². The van der Waals surface area contributed by atoms with Gasteiger partial charge in [0.25, 0.3) is 15.6 Å². The minimum absolute atomic E-state index is 0.00499. The molecule has 0 bridgehead atoms. The van der Waals surface area contributed by atoms with E-state index in [2.05, 4.69) is 10.6 Å². The molecule has 4 N–H and O–H groups in total. The second-order valence-electron chi connectivity index (χ2n) is 7.10. The number of thiophene rings is 1. The van der Waals surface area contributed by atoms with Gasteiger partial charge in [-0.15, -0.1) is 11.3 Å². The number of nitrogens with zero attached hydrogens (tertiary/aromatic N) is 1. The number of carbonyl (C=O) groups is 1. The lowest BCUT2D eigenvalue weighted by atomic mass is 10.1. The van der Waals surface area contributed by atoms with Crippen molar-refractivity contribution in [1.82, 2.24) is 9.29 Å². The van der Waals surface area contributed by atoms with Crippen LogP contribution in [0.2, 0.25) is 14.4 Å². The monoisotopic (exact) mass is 572 g/mol. The van der Waals surface area contributed by atoms with Gasteiger partial charge in [-0.25, -0.2) is 22.5 Å². The number of hydrogen-bond acceptors (Lipinski definition) is 7. The molecule has 4 rings (SSSR count). The third kappa shape index (κ3) is 5.04. The summed E-state index contributed by atoms with van der Waals surface area (Å²) in [6.07, 6.45) is 0. The van der Waals surface area contributed by atoms with Gasteiger partial charge in [0, 0.05) is 24.2 Å². The number of rotatable bonds is 5. The lowest BCUT2D eigenvalue weighted by molar-refractivity contribution is 0.256. The zero-order valence-electron chi connectivity index (χ0n) is 17.6. The van der Waals surface area contributed by atoms with Crippen molar-refractivity contribution in [2.45, 2.75) is 4.21 Å². The minimum atomic E-state index is -4.12. The van der Waals surface area contributed by atoms with Gasteiger partial charge >= 0.3 is 6.03 Å². The van der Waals surface area contributed by atoms with E-state index in [1.54, 1.807) is 13.1 Å². The Morgan fingerprint density at radius 3 is 2.40 bits per heavy atom. The molecule has 0 radical (unpaired) electrons. The molecule has 0 aliphatic heterocycles. The molecule has 0 aliphatic rings. The third-order valence-electron chi connectivity index (χ3n) is 4.85. The van der Waals surface area contributed by atoms with Crippen LogP contribution in [0.4, 0.5) is 16.2 Å². The van der Waals surface area contributed by atoms with Gasteiger partial charge in [-0.3, -0.25) is 4.79 Å². The van der Waals surface area contributed by atoms with Gasteiger partial charge in [-0.05, 0) is 47.9 Å². The molecule has 0 atom stereocenters.